The van der Waals surface area contributed by atoms with Crippen LogP contribution in [0.1, 0.15) is 40.7 Å². The number of hydrogen-bond acceptors (Lipinski definition) is 4. The van der Waals surface area contributed by atoms with E-state index in [4.69, 9.17) is 4.74 Å². The maximum absolute atomic E-state index is 13.7. The standard InChI is InChI=1S/C27H28FN3O3/c1-30(2)21-8-10-31(11-9-21)27(33)18-5-3-4-17(12-18)19-13-22(34-16-19)15-24-23-14-20(28)6-7-25(23)29-26(24)32/h3-7,12,14-16,21-22H,8-11,13H2,1-2H3,(H,29,32)/b24-15+. The monoisotopic (exact) mass is 461 g/mol. The fourth-order valence-corrected chi connectivity index (χ4v) is 4.90. The van der Waals surface area contributed by atoms with E-state index in [1.54, 1.807) is 18.4 Å². The number of ether oxygens (including phenoxy) is 1. The number of amides is 2. The van der Waals surface area contributed by atoms with Gasteiger partial charge in [-0.15, -0.1) is 0 Å². The molecule has 2 aromatic carbocycles. The number of nitrogens with zero attached hydrogens (tertiary/aromatic N) is 2. The van der Waals surface area contributed by atoms with Crippen molar-refractivity contribution in [3.8, 4) is 0 Å². The van der Waals surface area contributed by atoms with Crippen molar-refractivity contribution in [2.45, 2.75) is 31.4 Å². The Bertz CT molecular complexity index is 1200. The summed E-state index contributed by atoms with van der Waals surface area (Å²) in [6, 6.07) is 12.4. The molecule has 3 aliphatic heterocycles. The van der Waals surface area contributed by atoms with Crippen molar-refractivity contribution < 1.29 is 18.7 Å². The molecule has 1 atom stereocenters. The Kier molecular flexibility index (Phi) is 5.96. The van der Waals surface area contributed by atoms with Crippen molar-refractivity contribution in [1.29, 1.82) is 0 Å². The van der Waals surface area contributed by atoms with E-state index in [1.807, 2.05) is 29.2 Å². The summed E-state index contributed by atoms with van der Waals surface area (Å²) in [6.45, 7) is 1.52. The van der Waals surface area contributed by atoms with Gasteiger partial charge in [-0.25, -0.2) is 4.39 Å². The number of fused-ring (bicyclic) bond motifs is 1. The molecule has 3 heterocycles. The molecule has 1 unspecified atom stereocenters. The molecule has 176 valence electrons. The molecule has 0 aliphatic carbocycles. The van der Waals surface area contributed by atoms with Crippen LogP contribution in [0.15, 0.2) is 54.8 Å². The van der Waals surface area contributed by atoms with E-state index in [0.717, 1.165) is 37.1 Å². The number of benzene rings is 2. The van der Waals surface area contributed by atoms with Gasteiger partial charge in [0, 0.05) is 47.9 Å². The smallest absolute Gasteiger partial charge is 0.256 e. The van der Waals surface area contributed by atoms with Crippen LogP contribution in [0.4, 0.5) is 10.1 Å². The van der Waals surface area contributed by atoms with E-state index >= 15 is 0 Å². The van der Waals surface area contributed by atoms with Gasteiger partial charge in [-0.05, 0) is 74.5 Å². The van der Waals surface area contributed by atoms with Gasteiger partial charge >= 0.3 is 0 Å². The third-order valence-electron chi connectivity index (χ3n) is 6.89. The van der Waals surface area contributed by atoms with Gasteiger partial charge in [-0.1, -0.05) is 12.1 Å². The Balaban J connectivity index is 1.27. The van der Waals surface area contributed by atoms with Gasteiger partial charge in [0.25, 0.3) is 11.8 Å². The second kappa shape index (κ2) is 9.06. The summed E-state index contributed by atoms with van der Waals surface area (Å²) in [5.74, 6) is -0.596. The number of nitrogens with one attached hydrogen (secondary N) is 1. The minimum atomic E-state index is -0.389. The lowest BCUT2D eigenvalue weighted by molar-refractivity contribution is -0.110. The van der Waals surface area contributed by atoms with Crippen molar-refractivity contribution in [2.75, 3.05) is 32.5 Å². The van der Waals surface area contributed by atoms with Crippen LogP contribution in [0.25, 0.3) is 11.1 Å². The third kappa shape index (κ3) is 4.35. The van der Waals surface area contributed by atoms with E-state index in [9.17, 15) is 14.0 Å². The zero-order valence-electron chi connectivity index (χ0n) is 19.4. The Morgan fingerprint density at radius 1 is 1.18 bits per heavy atom. The van der Waals surface area contributed by atoms with Crippen molar-refractivity contribution >= 4 is 28.6 Å². The molecule has 0 radical (unpaired) electrons. The molecule has 5 rings (SSSR count). The molecule has 3 aliphatic rings. The first-order valence-electron chi connectivity index (χ1n) is 11.6. The second-order valence-corrected chi connectivity index (χ2v) is 9.31. The lowest BCUT2D eigenvalue weighted by Gasteiger charge is -2.35. The van der Waals surface area contributed by atoms with Crippen LogP contribution in [-0.4, -0.2) is 60.9 Å². The van der Waals surface area contributed by atoms with Crippen molar-refractivity contribution in [3.05, 3.63) is 77.3 Å². The number of halogens is 1. The third-order valence-corrected chi connectivity index (χ3v) is 6.89. The first-order valence-corrected chi connectivity index (χ1v) is 11.6. The highest BCUT2D eigenvalue weighted by Crippen LogP contribution is 2.35. The average molecular weight is 462 g/mol. The number of likely N-dealkylation sites (tertiary alicyclic amines) is 1. The van der Waals surface area contributed by atoms with E-state index in [0.29, 0.717) is 34.9 Å². The number of carbonyl (C=O) groups excluding carboxylic acids is 2. The highest BCUT2D eigenvalue weighted by molar-refractivity contribution is 6.31. The molecule has 2 aromatic rings. The predicted octanol–water partition coefficient (Wildman–Crippen LogP) is 4.16. The molecular weight excluding hydrogens is 433 g/mol. The lowest BCUT2D eigenvalue weighted by Crippen LogP contribution is -2.44. The Hall–Kier alpha value is -3.45. The summed E-state index contributed by atoms with van der Waals surface area (Å²) < 4.78 is 19.5. The summed E-state index contributed by atoms with van der Waals surface area (Å²) in [6.07, 6.45) is 5.62. The predicted molar refractivity (Wildman–Crippen MR) is 130 cm³/mol. The molecule has 0 bridgehead atoms. The summed E-state index contributed by atoms with van der Waals surface area (Å²) in [7, 11) is 4.17. The molecule has 0 saturated carbocycles. The quantitative estimate of drug-likeness (QED) is 0.695. The van der Waals surface area contributed by atoms with Crippen LogP contribution < -0.4 is 5.32 Å². The highest BCUT2D eigenvalue weighted by Gasteiger charge is 2.28. The molecule has 34 heavy (non-hydrogen) atoms. The summed E-state index contributed by atoms with van der Waals surface area (Å²) >= 11 is 0. The van der Waals surface area contributed by atoms with Gasteiger partial charge in [0.2, 0.25) is 0 Å². The number of carbonyl (C=O) groups is 2. The summed E-state index contributed by atoms with van der Waals surface area (Å²) in [4.78, 5) is 29.6. The molecule has 1 N–H and O–H groups in total. The Morgan fingerprint density at radius 2 is 1.97 bits per heavy atom. The number of rotatable bonds is 4. The maximum atomic E-state index is 13.7. The van der Waals surface area contributed by atoms with Crippen molar-refractivity contribution in [3.63, 3.8) is 0 Å². The molecule has 1 fully saturated rings. The summed E-state index contributed by atoms with van der Waals surface area (Å²) in [5, 5.41) is 2.76. The van der Waals surface area contributed by atoms with E-state index in [1.165, 1.54) is 12.1 Å². The summed E-state index contributed by atoms with van der Waals surface area (Å²) in [5.41, 5.74) is 4.12. The zero-order valence-corrected chi connectivity index (χ0v) is 19.4. The fraction of sp³-hybridized carbons (Fsp3) is 0.333. The molecule has 0 spiro atoms. The minimum absolute atomic E-state index is 0.0542. The first-order chi connectivity index (χ1) is 16.4. The van der Waals surface area contributed by atoms with Gasteiger partial charge in [-0.3, -0.25) is 9.59 Å². The molecular formula is C27H28FN3O3. The topological polar surface area (TPSA) is 61.9 Å². The van der Waals surface area contributed by atoms with E-state index < -0.39 is 0 Å². The molecule has 0 aromatic heterocycles. The van der Waals surface area contributed by atoms with Crippen LogP contribution in [0, 0.1) is 5.82 Å². The van der Waals surface area contributed by atoms with Crippen LogP contribution in [0.5, 0.6) is 0 Å². The van der Waals surface area contributed by atoms with E-state index in [-0.39, 0.29) is 23.7 Å². The maximum Gasteiger partial charge on any atom is 0.256 e. The van der Waals surface area contributed by atoms with Crippen molar-refractivity contribution in [1.82, 2.24) is 9.80 Å². The van der Waals surface area contributed by atoms with Crippen LogP contribution >= 0.6 is 0 Å². The fourth-order valence-electron chi connectivity index (χ4n) is 4.90. The van der Waals surface area contributed by atoms with Crippen LogP contribution in [0.3, 0.4) is 0 Å². The second-order valence-electron chi connectivity index (χ2n) is 9.31. The van der Waals surface area contributed by atoms with Gasteiger partial charge in [0.05, 0.1) is 6.26 Å². The van der Waals surface area contributed by atoms with Crippen LogP contribution in [0.2, 0.25) is 0 Å². The van der Waals surface area contributed by atoms with Crippen LogP contribution in [-0.2, 0) is 9.53 Å². The lowest BCUT2D eigenvalue weighted by atomic mass is 9.97. The minimum Gasteiger partial charge on any atom is -0.493 e. The molecule has 2 amide bonds. The molecule has 6 nitrogen and oxygen atoms in total. The average Bonchev–Trinajstić information content (AvgIpc) is 3.43. The van der Waals surface area contributed by atoms with Gasteiger partial charge in [-0.2, -0.15) is 0 Å². The molecule has 1 saturated heterocycles. The van der Waals surface area contributed by atoms with Gasteiger partial charge in [0.1, 0.15) is 11.9 Å². The first kappa shape index (κ1) is 22.3. The highest BCUT2D eigenvalue weighted by atomic mass is 19.1. The van der Waals surface area contributed by atoms with Gasteiger partial charge < -0.3 is 19.9 Å². The normalized spacial score (nSPS) is 21.5. The SMILES string of the molecule is CN(C)C1CCN(C(=O)c2cccc(C3=COC(/C=C4/C(=O)Nc5ccc(F)cc54)C3)c2)CC1. The van der Waals surface area contributed by atoms with Crippen molar-refractivity contribution in [2.24, 2.45) is 0 Å². The Morgan fingerprint density at radius 3 is 2.74 bits per heavy atom. The number of anilines is 1. The zero-order chi connectivity index (χ0) is 23.8. The van der Waals surface area contributed by atoms with E-state index in [2.05, 4.69) is 24.3 Å². The largest absolute Gasteiger partial charge is 0.493 e. The number of hydrogen-bond donors (Lipinski definition) is 1. The number of piperidine rings is 1. The Labute approximate surface area is 198 Å². The van der Waals surface area contributed by atoms with Gasteiger partial charge in [0.15, 0.2) is 0 Å². The molecule has 7 heteroatoms.